The van der Waals surface area contributed by atoms with E-state index in [0.717, 1.165) is 0 Å². The van der Waals surface area contributed by atoms with Crippen LogP contribution in [0.3, 0.4) is 0 Å². The zero-order valence-electron chi connectivity index (χ0n) is 6.20. The van der Waals surface area contributed by atoms with Gasteiger partial charge in [0.15, 0.2) is 6.17 Å². The second-order valence-corrected chi connectivity index (χ2v) is 2.34. The van der Waals surface area contributed by atoms with E-state index in [1.165, 1.54) is 0 Å². The third-order valence-corrected chi connectivity index (χ3v) is 1.27. The van der Waals surface area contributed by atoms with Crippen LogP contribution in [0.1, 0.15) is 0 Å². The minimum atomic E-state index is -5.90. The first-order valence-electron chi connectivity index (χ1n) is 3.06. The predicted octanol–water partition coefficient (Wildman–Crippen LogP) is 1.50. The van der Waals surface area contributed by atoms with Gasteiger partial charge in [0, 0.05) is 0 Å². The molecule has 0 aliphatic carbocycles. The zero-order chi connectivity index (χ0) is 11.7. The molecule has 0 aliphatic heterocycles. The Labute approximate surface area is 101 Å². The molecule has 1 nitrogen and oxygen atoms in total. The van der Waals surface area contributed by atoms with Crippen molar-refractivity contribution in [3.8, 4) is 0 Å². The fourth-order valence-electron chi connectivity index (χ4n) is 0.494. The van der Waals surface area contributed by atoms with Gasteiger partial charge in [-0.15, -0.1) is 0 Å². The van der Waals surface area contributed by atoms with Crippen LogP contribution in [-0.4, -0.2) is 65.5 Å². The first kappa shape index (κ1) is 17.8. The molecular formula is C5H5F8NaO. The van der Waals surface area contributed by atoms with Crippen molar-refractivity contribution in [1.29, 1.82) is 0 Å². The van der Waals surface area contributed by atoms with Gasteiger partial charge < -0.3 is 5.11 Å². The van der Waals surface area contributed by atoms with Gasteiger partial charge in [-0.25, -0.2) is 17.6 Å². The Hall–Kier alpha value is 0.400. The number of rotatable bonds is 4. The Balaban J connectivity index is 0. The second-order valence-electron chi connectivity index (χ2n) is 2.34. The topological polar surface area (TPSA) is 20.2 Å². The molecule has 0 amide bonds. The van der Waals surface area contributed by atoms with E-state index in [9.17, 15) is 35.1 Å². The van der Waals surface area contributed by atoms with Crippen LogP contribution in [0.5, 0.6) is 0 Å². The van der Waals surface area contributed by atoms with Crippen molar-refractivity contribution in [2.45, 2.75) is 30.8 Å². The van der Waals surface area contributed by atoms with Crippen LogP contribution in [0.2, 0.25) is 0 Å². The van der Waals surface area contributed by atoms with Crippen LogP contribution in [0, 0.1) is 0 Å². The van der Waals surface area contributed by atoms with E-state index < -0.39 is 30.8 Å². The van der Waals surface area contributed by atoms with E-state index >= 15 is 0 Å². The van der Waals surface area contributed by atoms with Crippen molar-refractivity contribution < 1.29 is 40.2 Å². The molecule has 1 N–H and O–H groups in total. The third-order valence-electron chi connectivity index (χ3n) is 1.27. The molecule has 0 aromatic heterocycles. The van der Waals surface area contributed by atoms with Gasteiger partial charge in [0.25, 0.3) is 6.43 Å². The van der Waals surface area contributed by atoms with Crippen molar-refractivity contribution in [3.05, 3.63) is 0 Å². The summed E-state index contributed by atoms with van der Waals surface area (Å²) in [7, 11) is 0. The van der Waals surface area contributed by atoms with Crippen LogP contribution in [-0.2, 0) is 0 Å². The molecule has 0 saturated carbocycles. The van der Waals surface area contributed by atoms with Crippen LogP contribution < -0.4 is 0 Å². The van der Waals surface area contributed by atoms with Crippen LogP contribution in [0.25, 0.3) is 0 Å². The molecule has 0 spiro atoms. The molecular weight excluding hydrogens is 251 g/mol. The van der Waals surface area contributed by atoms with Crippen molar-refractivity contribution in [3.63, 3.8) is 0 Å². The summed E-state index contributed by atoms with van der Waals surface area (Å²) in [6.45, 7) is 0. The number of aliphatic hydroxyl groups is 1. The molecule has 0 saturated heterocycles. The van der Waals surface area contributed by atoms with Crippen LogP contribution in [0.4, 0.5) is 35.1 Å². The van der Waals surface area contributed by atoms with E-state index in [1.54, 1.807) is 0 Å². The van der Waals surface area contributed by atoms with Gasteiger partial charge in [0.2, 0.25) is 6.17 Å². The SMILES string of the molecule is OC(F)(F)C(F)(F)C(F)C(F)C(F)F.[NaH]. The molecule has 88 valence electrons. The Kier molecular flexibility index (Phi) is 6.69. The summed E-state index contributed by atoms with van der Waals surface area (Å²) in [5, 5.41) is 7.41. The van der Waals surface area contributed by atoms with E-state index in [-0.39, 0.29) is 29.6 Å². The van der Waals surface area contributed by atoms with Crippen LogP contribution in [0.15, 0.2) is 0 Å². The average Bonchev–Trinajstić information content (AvgIpc) is 1.99. The van der Waals surface area contributed by atoms with E-state index in [1.807, 2.05) is 0 Å². The number of hydrogen-bond donors (Lipinski definition) is 1. The fourth-order valence-corrected chi connectivity index (χ4v) is 0.494. The molecule has 10 heteroatoms. The van der Waals surface area contributed by atoms with Gasteiger partial charge in [-0.05, 0) is 0 Å². The summed E-state index contributed by atoms with van der Waals surface area (Å²) in [6.07, 6.45) is -18.7. The van der Waals surface area contributed by atoms with Crippen molar-refractivity contribution in [1.82, 2.24) is 0 Å². The summed E-state index contributed by atoms with van der Waals surface area (Å²) in [5.74, 6) is -5.90. The number of halogens is 8. The second kappa shape index (κ2) is 5.65. The molecule has 0 aliphatic rings. The molecule has 0 fully saturated rings. The number of hydrogen-bond acceptors (Lipinski definition) is 1. The van der Waals surface area contributed by atoms with E-state index in [0.29, 0.717) is 0 Å². The summed E-state index contributed by atoms with van der Waals surface area (Å²) >= 11 is 0. The monoisotopic (exact) mass is 256 g/mol. The van der Waals surface area contributed by atoms with Gasteiger partial charge in [-0.3, -0.25) is 0 Å². The standard InChI is InChI=1S/C5H4F8O.Na.H/c6-1(3(8)9)2(7)4(10,11)5(12,13)14;;/h1-3,14H;;. The van der Waals surface area contributed by atoms with E-state index in [2.05, 4.69) is 0 Å². The zero-order valence-corrected chi connectivity index (χ0v) is 6.20. The first-order valence-corrected chi connectivity index (χ1v) is 3.06. The maximum absolute atomic E-state index is 12.1. The van der Waals surface area contributed by atoms with Crippen molar-refractivity contribution in [2.24, 2.45) is 0 Å². The normalized spacial score (nSPS) is 17.2. The van der Waals surface area contributed by atoms with Crippen molar-refractivity contribution >= 4 is 29.6 Å². The average molecular weight is 256 g/mol. The molecule has 0 rings (SSSR count). The quantitative estimate of drug-likeness (QED) is 0.597. The minimum absolute atomic E-state index is 0. The molecule has 2 atom stereocenters. The Morgan fingerprint density at radius 2 is 1.20 bits per heavy atom. The number of alkyl halides is 8. The summed E-state index contributed by atoms with van der Waals surface area (Å²) in [4.78, 5) is 0. The maximum atomic E-state index is 12.1. The fraction of sp³-hybridized carbons (Fsp3) is 1.00. The van der Waals surface area contributed by atoms with Gasteiger partial charge in [-0.2, -0.15) is 17.6 Å². The summed E-state index contributed by atoms with van der Waals surface area (Å²) < 4.78 is 93.6. The summed E-state index contributed by atoms with van der Waals surface area (Å²) in [6, 6.07) is 0. The Bertz CT molecular complexity index is 192. The predicted molar refractivity (Wildman–Crippen MR) is 35.1 cm³/mol. The Morgan fingerprint density at radius 1 is 0.867 bits per heavy atom. The molecule has 0 bridgehead atoms. The third kappa shape index (κ3) is 4.04. The molecule has 0 aromatic carbocycles. The molecule has 0 aromatic rings. The molecule has 2 unspecified atom stereocenters. The Morgan fingerprint density at radius 3 is 1.40 bits per heavy atom. The molecule has 0 heterocycles. The first-order chi connectivity index (χ1) is 6.01. The molecule has 0 radical (unpaired) electrons. The van der Waals surface area contributed by atoms with Crippen molar-refractivity contribution in [2.75, 3.05) is 0 Å². The van der Waals surface area contributed by atoms with Gasteiger partial charge in [0.05, 0.1) is 0 Å². The van der Waals surface area contributed by atoms with Gasteiger partial charge >= 0.3 is 41.6 Å². The van der Waals surface area contributed by atoms with E-state index in [4.69, 9.17) is 5.11 Å². The summed E-state index contributed by atoms with van der Waals surface area (Å²) in [5.41, 5.74) is 0. The van der Waals surface area contributed by atoms with Gasteiger partial charge in [0.1, 0.15) is 0 Å². The van der Waals surface area contributed by atoms with Gasteiger partial charge in [-0.1, -0.05) is 0 Å². The molecule has 15 heavy (non-hydrogen) atoms. The van der Waals surface area contributed by atoms with Crippen LogP contribution >= 0.6 is 0 Å².